The van der Waals surface area contributed by atoms with Crippen molar-refractivity contribution in [3.8, 4) is 0 Å². The van der Waals surface area contributed by atoms with Crippen LogP contribution in [-0.4, -0.2) is 47.7 Å². The third-order valence-corrected chi connectivity index (χ3v) is 2.13. The molecule has 1 aliphatic rings. The van der Waals surface area contributed by atoms with Gasteiger partial charge in [-0.15, -0.1) is 0 Å². The molecule has 1 heterocycles. The lowest BCUT2D eigenvalue weighted by atomic mass is 10.2. The Balaban J connectivity index is 2.50. The molecule has 1 fully saturated rings. The molecule has 0 aromatic carbocycles. The molecule has 13 heavy (non-hydrogen) atoms. The van der Waals surface area contributed by atoms with Gasteiger partial charge in [-0.25, -0.2) is 0 Å². The molecule has 2 atom stereocenters. The van der Waals surface area contributed by atoms with E-state index in [0.29, 0.717) is 13.0 Å². The number of likely N-dealkylation sites (tertiary alicyclic amines) is 1. The van der Waals surface area contributed by atoms with Crippen LogP contribution in [0.5, 0.6) is 0 Å². The van der Waals surface area contributed by atoms with E-state index in [-0.39, 0.29) is 12.1 Å². The van der Waals surface area contributed by atoms with E-state index in [0.717, 1.165) is 0 Å². The van der Waals surface area contributed by atoms with E-state index < -0.39 is 12.0 Å². The van der Waals surface area contributed by atoms with E-state index in [1.165, 1.54) is 6.92 Å². The topological polar surface area (TPSA) is 66.8 Å². The quantitative estimate of drug-likeness (QED) is 0.601. The maximum atomic E-state index is 10.7. The minimum absolute atomic E-state index is 0.274. The number of carbonyl (C=O) groups is 2. The van der Waals surface area contributed by atoms with E-state index in [1.54, 1.807) is 11.9 Å². The zero-order valence-corrected chi connectivity index (χ0v) is 7.69. The van der Waals surface area contributed by atoms with Crippen molar-refractivity contribution in [1.29, 1.82) is 0 Å². The van der Waals surface area contributed by atoms with Crippen LogP contribution < -0.4 is 0 Å². The first kappa shape index (κ1) is 9.98. The fraction of sp³-hybridized carbons (Fsp3) is 0.750. The minimum Gasteiger partial charge on any atom is -0.480 e. The normalized spacial score (nSPS) is 28.8. The monoisotopic (exact) mass is 187 g/mol. The average molecular weight is 187 g/mol. The first-order valence-corrected chi connectivity index (χ1v) is 4.11. The van der Waals surface area contributed by atoms with Gasteiger partial charge in [0.2, 0.25) is 0 Å². The number of hydrogen-bond donors (Lipinski definition) is 1. The highest BCUT2D eigenvalue weighted by Gasteiger charge is 2.35. The summed E-state index contributed by atoms with van der Waals surface area (Å²) in [7, 11) is 1.71. The zero-order chi connectivity index (χ0) is 10.0. The number of ether oxygens (including phenoxy) is 1. The Morgan fingerprint density at radius 2 is 2.15 bits per heavy atom. The largest absolute Gasteiger partial charge is 0.480 e. The lowest BCUT2D eigenvalue weighted by Gasteiger charge is -2.12. The molecule has 0 saturated carbocycles. The van der Waals surface area contributed by atoms with Crippen LogP contribution in [-0.2, 0) is 14.3 Å². The van der Waals surface area contributed by atoms with Crippen LogP contribution in [0.25, 0.3) is 0 Å². The van der Waals surface area contributed by atoms with Gasteiger partial charge in [0.05, 0.1) is 0 Å². The SMILES string of the molecule is CC(=O)OC1C[C@@H](C(=O)O)N(C)C1. The molecule has 1 rings (SSSR count). The molecule has 1 saturated heterocycles. The van der Waals surface area contributed by atoms with Crippen LogP contribution in [0.15, 0.2) is 0 Å². The number of hydrogen-bond acceptors (Lipinski definition) is 4. The van der Waals surface area contributed by atoms with E-state index in [9.17, 15) is 9.59 Å². The summed E-state index contributed by atoms with van der Waals surface area (Å²) in [6.45, 7) is 1.82. The van der Waals surface area contributed by atoms with Gasteiger partial charge in [-0.1, -0.05) is 0 Å². The Kier molecular flexibility index (Phi) is 2.87. The van der Waals surface area contributed by atoms with Crippen LogP contribution in [0.3, 0.4) is 0 Å². The fourth-order valence-electron chi connectivity index (χ4n) is 1.56. The highest BCUT2D eigenvalue weighted by atomic mass is 16.5. The number of aliphatic carboxylic acids is 1. The van der Waals surface area contributed by atoms with Crippen molar-refractivity contribution in [3.05, 3.63) is 0 Å². The van der Waals surface area contributed by atoms with Crippen LogP contribution in [0.1, 0.15) is 13.3 Å². The molecule has 5 heteroatoms. The van der Waals surface area contributed by atoms with Gasteiger partial charge >= 0.3 is 11.9 Å². The molecule has 0 radical (unpaired) electrons. The number of esters is 1. The fourth-order valence-corrected chi connectivity index (χ4v) is 1.56. The molecule has 0 aliphatic carbocycles. The maximum Gasteiger partial charge on any atom is 0.321 e. The molecular weight excluding hydrogens is 174 g/mol. The van der Waals surface area contributed by atoms with Gasteiger partial charge in [0.25, 0.3) is 0 Å². The Bertz CT molecular complexity index is 228. The van der Waals surface area contributed by atoms with Crippen LogP contribution in [0.4, 0.5) is 0 Å². The van der Waals surface area contributed by atoms with Gasteiger partial charge < -0.3 is 9.84 Å². The Labute approximate surface area is 76.3 Å². The summed E-state index contributed by atoms with van der Waals surface area (Å²) in [5.74, 6) is -1.22. The van der Waals surface area contributed by atoms with E-state index in [2.05, 4.69) is 0 Å². The number of nitrogens with zero attached hydrogens (tertiary/aromatic N) is 1. The second-order valence-electron chi connectivity index (χ2n) is 3.26. The van der Waals surface area contributed by atoms with Gasteiger partial charge in [-0.3, -0.25) is 14.5 Å². The van der Waals surface area contributed by atoms with E-state index >= 15 is 0 Å². The van der Waals surface area contributed by atoms with Crippen molar-refractivity contribution in [1.82, 2.24) is 4.90 Å². The molecular formula is C8H13NO4. The van der Waals surface area contributed by atoms with Crippen molar-refractivity contribution < 1.29 is 19.4 Å². The molecule has 5 nitrogen and oxygen atoms in total. The second-order valence-corrected chi connectivity index (χ2v) is 3.26. The van der Waals surface area contributed by atoms with Crippen LogP contribution in [0.2, 0.25) is 0 Å². The average Bonchev–Trinajstić information content (AvgIpc) is 2.29. The number of likely N-dealkylation sites (N-methyl/N-ethyl adjacent to an activating group) is 1. The predicted octanol–water partition coefficient (Wildman–Crippen LogP) is -0.293. The summed E-state index contributed by atoms with van der Waals surface area (Å²) in [5.41, 5.74) is 0. The van der Waals surface area contributed by atoms with E-state index in [4.69, 9.17) is 9.84 Å². The summed E-state index contributed by atoms with van der Waals surface area (Å²) >= 11 is 0. The van der Waals surface area contributed by atoms with E-state index in [1.807, 2.05) is 0 Å². The maximum absolute atomic E-state index is 10.7. The van der Waals surface area contributed by atoms with Crippen molar-refractivity contribution in [2.24, 2.45) is 0 Å². The summed E-state index contributed by atoms with van der Waals surface area (Å²) in [4.78, 5) is 22.9. The summed E-state index contributed by atoms with van der Waals surface area (Å²) in [6, 6.07) is -0.524. The number of rotatable bonds is 2. The lowest BCUT2D eigenvalue weighted by Crippen LogP contribution is -2.32. The molecule has 0 bridgehead atoms. The molecule has 1 aliphatic heterocycles. The van der Waals surface area contributed by atoms with Crippen LogP contribution in [0, 0.1) is 0 Å². The molecule has 0 amide bonds. The smallest absolute Gasteiger partial charge is 0.321 e. The standard InChI is InChI=1S/C8H13NO4/c1-5(10)13-6-3-7(8(11)12)9(2)4-6/h6-7H,3-4H2,1-2H3,(H,11,12)/t6?,7-/m0/s1. The Morgan fingerprint density at radius 3 is 2.54 bits per heavy atom. The highest BCUT2D eigenvalue weighted by molar-refractivity contribution is 5.74. The van der Waals surface area contributed by atoms with Crippen molar-refractivity contribution in [3.63, 3.8) is 0 Å². The highest BCUT2D eigenvalue weighted by Crippen LogP contribution is 2.18. The van der Waals surface area contributed by atoms with Crippen molar-refractivity contribution in [2.45, 2.75) is 25.5 Å². The van der Waals surface area contributed by atoms with Crippen LogP contribution >= 0.6 is 0 Å². The van der Waals surface area contributed by atoms with Crippen molar-refractivity contribution in [2.75, 3.05) is 13.6 Å². The molecule has 0 aromatic rings. The second kappa shape index (κ2) is 3.74. The molecule has 1 unspecified atom stereocenters. The Hall–Kier alpha value is -1.10. The van der Waals surface area contributed by atoms with Gasteiger partial charge in [-0.05, 0) is 7.05 Å². The lowest BCUT2D eigenvalue weighted by molar-refractivity contribution is -0.146. The van der Waals surface area contributed by atoms with Gasteiger partial charge in [-0.2, -0.15) is 0 Å². The minimum atomic E-state index is -0.864. The molecule has 74 valence electrons. The third-order valence-electron chi connectivity index (χ3n) is 2.13. The van der Waals surface area contributed by atoms with Crippen molar-refractivity contribution >= 4 is 11.9 Å². The first-order valence-electron chi connectivity index (χ1n) is 4.11. The van der Waals surface area contributed by atoms with Gasteiger partial charge in [0.15, 0.2) is 0 Å². The summed E-state index contributed by atoms with van der Waals surface area (Å²) in [6.07, 6.45) is 0.106. The first-order chi connectivity index (χ1) is 6.00. The molecule has 0 aromatic heterocycles. The Morgan fingerprint density at radius 1 is 1.54 bits per heavy atom. The summed E-state index contributed by atoms with van der Waals surface area (Å²) < 4.78 is 4.92. The number of carboxylic acids is 1. The van der Waals surface area contributed by atoms with Gasteiger partial charge in [0.1, 0.15) is 12.1 Å². The van der Waals surface area contributed by atoms with Gasteiger partial charge in [0, 0.05) is 19.9 Å². The number of carboxylic acid groups (broad SMARTS) is 1. The third kappa shape index (κ3) is 2.42. The number of carbonyl (C=O) groups excluding carboxylic acids is 1. The molecule has 1 N–H and O–H groups in total. The predicted molar refractivity (Wildman–Crippen MR) is 44.2 cm³/mol. The zero-order valence-electron chi connectivity index (χ0n) is 7.69. The molecule has 0 spiro atoms. The summed E-state index contributed by atoms with van der Waals surface area (Å²) in [5, 5.41) is 8.75.